The Morgan fingerprint density at radius 1 is 1.09 bits per heavy atom. The largest absolute Gasteiger partial charge is 0.489 e. The van der Waals surface area contributed by atoms with Crippen LogP contribution in [0.2, 0.25) is 0 Å². The number of hydrogen-bond acceptors (Lipinski definition) is 5. The molecule has 0 aliphatic carbocycles. The number of carbonyl (C=O) groups excluding carboxylic acids is 2. The summed E-state index contributed by atoms with van der Waals surface area (Å²) in [5.41, 5.74) is 2.78. The summed E-state index contributed by atoms with van der Waals surface area (Å²) in [5, 5.41) is 2.09. The van der Waals surface area contributed by atoms with E-state index in [-0.39, 0.29) is 11.8 Å². The van der Waals surface area contributed by atoms with Gasteiger partial charge >= 0.3 is 0 Å². The lowest BCUT2D eigenvalue weighted by Gasteiger charge is -2.33. The minimum atomic E-state index is -0.449. The molecule has 1 saturated heterocycles. The van der Waals surface area contributed by atoms with Gasteiger partial charge in [0, 0.05) is 50.1 Å². The monoisotopic (exact) mass is 453 g/mol. The van der Waals surface area contributed by atoms with Crippen LogP contribution in [-0.4, -0.2) is 52.8 Å². The van der Waals surface area contributed by atoms with Crippen molar-refractivity contribution in [2.75, 3.05) is 26.2 Å². The minimum Gasteiger partial charge on any atom is -0.489 e. The maximum Gasteiger partial charge on any atom is 0.273 e. The van der Waals surface area contributed by atoms with Crippen LogP contribution in [0.5, 0.6) is 5.75 Å². The highest BCUT2D eigenvalue weighted by atomic mass is 32.1. The van der Waals surface area contributed by atoms with Crippen LogP contribution in [0.15, 0.2) is 47.8 Å². The number of aryl methyl sites for hydroxylation is 1. The van der Waals surface area contributed by atoms with E-state index in [4.69, 9.17) is 4.74 Å². The third-order valence-corrected chi connectivity index (χ3v) is 6.27. The SMILES string of the molecule is CC(=O)N1CCN(C(=O)c2csc(-c3ccc(OCc4cccc(C)c4)cc3F)n2)CC1. The Labute approximate surface area is 190 Å². The number of thiazole rings is 1. The molecule has 0 bridgehead atoms. The summed E-state index contributed by atoms with van der Waals surface area (Å²) in [6.45, 7) is 5.84. The summed E-state index contributed by atoms with van der Waals surface area (Å²) in [6.07, 6.45) is 0. The molecule has 2 heterocycles. The topological polar surface area (TPSA) is 62.7 Å². The maximum absolute atomic E-state index is 14.8. The van der Waals surface area contributed by atoms with Crippen molar-refractivity contribution in [3.8, 4) is 16.3 Å². The molecular weight excluding hydrogens is 429 g/mol. The zero-order chi connectivity index (χ0) is 22.7. The fraction of sp³-hybridized carbons (Fsp3) is 0.292. The standard InChI is InChI=1S/C24H24FN3O3S/c1-16-4-3-5-18(12-16)14-31-19-6-7-20(21(25)13-19)23-26-22(15-32-23)24(30)28-10-8-27(9-11-28)17(2)29/h3-7,12-13,15H,8-11,14H2,1-2H3. The molecule has 32 heavy (non-hydrogen) atoms. The smallest absolute Gasteiger partial charge is 0.273 e. The zero-order valence-electron chi connectivity index (χ0n) is 18.0. The van der Waals surface area contributed by atoms with E-state index < -0.39 is 5.82 Å². The average Bonchev–Trinajstić information content (AvgIpc) is 3.27. The number of nitrogens with zero attached hydrogens (tertiary/aromatic N) is 3. The lowest BCUT2D eigenvalue weighted by atomic mass is 10.1. The van der Waals surface area contributed by atoms with E-state index >= 15 is 0 Å². The van der Waals surface area contributed by atoms with E-state index in [9.17, 15) is 14.0 Å². The zero-order valence-corrected chi connectivity index (χ0v) is 18.8. The summed E-state index contributed by atoms with van der Waals surface area (Å²) in [7, 11) is 0. The van der Waals surface area contributed by atoms with Gasteiger partial charge in [0.05, 0.1) is 0 Å². The van der Waals surface area contributed by atoms with Gasteiger partial charge in [-0.3, -0.25) is 9.59 Å². The first-order chi connectivity index (χ1) is 15.4. The predicted molar refractivity (Wildman–Crippen MR) is 121 cm³/mol. The second-order valence-electron chi connectivity index (χ2n) is 7.76. The summed E-state index contributed by atoms with van der Waals surface area (Å²) in [4.78, 5) is 32.0. The van der Waals surface area contributed by atoms with Gasteiger partial charge in [0.2, 0.25) is 5.91 Å². The van der Waals surface area contributed by atoms with Crippen LogP contribution >= 0.6 is 11.3 Å². The van der Waals surface area contributed by atoms with Crippen molar-refractivity contribution >= 4 is 23.2 Å². The summed E-state index contributed by atoms with van der Waals surface area (Å²) in [5.74, 6) is -0.205. The molecule has 2 amide bonds. The third-order valence-electron chi connectivity index (χ3n) is 5.39. The number of carbonyl (C=O) groups is 2. The van der Waals surface area contributed by atoms with Gasteiger partial charge in [0.15, 0.2) is 0 Å². The molecule has 166 valence electrons. The van der Waals surface area contributed by atoms with E-state index in [0.717, 1.165) is 11.1 Å². The van der Waals surface area contributed by atoms with Crippen LogP contribution in [0.3, 0.4) is 0 Å². The number of halogens is 1. The number of benzene rings is 2. The number of amides is 2. The van der Waals surface area contributed by atoms with E-state index in [1.807, 2.05) is 31.2 Å². The second-order valence-corrected chi connectivity index (χ2v) is 8.61. The van der Waals surface area contributed by atoms with Gasteiger partial charge in [0.25, 0.3) is 5.91 Å². The summed E-state index contributed by atoms with van der Waals surface area (Å²) < 4.78 is 20.5. The van der Waals surface area contributed by atoms with Crippen LogP contribution in [0.1, 0.15) is 28.5 Å². The number of ether oxygens (including phenoxy) is 1. The van der Waals surface area contributed by atoms with Gasteiger partial charge in [-0.15, -0.1) is 11.3 Å². The first-order valence-corrected chi connectivity index (χ1v) is 11.3. The van der Waals surface area contributed by atoms with E-state index in [1.54, 1.807) is 27.3 Å². The minimum absolute atomic E-state index is 0.00910. The second kappa shape index (κ2) is 9.48. The first kappa shape index (κ1) is 22.0. The number of piperazine rings is 1. The molecule has 0 atom stereocenters. The molecule has 6 nitrogen and oxygen atoms in total. The lowest BCUT2D eigenvalue weighted by Crippen LogP contribution is -2.50. The van der Waals surface area contributed by atoms with Gasteiger partial charge in [0.1, 0.15) is 28.9 Å². The quantitative estimate of drug-likeness (QED) is 0.583. The Morgan fingerprint density at radius 3 is 2.53 bits per heavy atom. The molecule has 3 aromatic rings. The number of aromatic nitrogens is 1. The molecule has 0 spiro atoms. The number of hydrogen-bond donors (Lipinski definition) is 0. The van der Waals surface area contributed by atoms with Crippen molar-refractivity contribution < 1.29 is 18.7 Å². The lowest BCUT2D eigenvalue weighted by molar-refractivity contribution is -0.130. The molecule has 0 N–H and O–H groups in total. The fourth-order valence-corrected chi connectivity index (χ4v) is 4.43. The van der Waals surface area contributed by atoms with Crippen molar-refractivity contribution in [3.05, 3.63) is 70.5 Å². The van der Waals surface area contributed by atoms with Gasteiger partial charge in [-0.05, 0) is 24.6 Å². The number of rotatable bonds is 5. The Balaban J connectivity index is 1.41. The van der Waals surface area contributed by atoms with E-state index in [2.05, 4.69) is 4.98 Å². The predicted octanol–water partition coefficient (Wildman–Crippen LogP) is 4.14. The summed E-state index contributed by atoms with van der Waals surface area (Å²) in [6, 6.07) is 12.6. The van der Waals surface area contributed by atoms with Crippen LogP contribution in [-0.2, 0) is 11.4 Å². The molecule has 2 aromatic carbocycles. The summed E-state index contributed by atoms with van der Waals surface area (Å²) >= 11 is 1.23. The molecule has 0 radical (unpaired) electrons. The molecule has 4 rings (SSSR count). The van der Waals surface area contributed by atoms with Crippen molar-refractivity contribution in [1.29, 1.82) is 0 Å². The molecule has 0 unspecified atom stereocenters. The highest BCUT2D eigenvalue weighted by Crippen LogP contribution is 2.29. The highest BCUT2D eigenvalue weighted by molar-refractivity contribution is 7.13. The van der Waals surface area contributed by atoms with Gasteiger partial charge in [-0.1, -0.05) is 29.8 Å². The Morgan fingerprint density at radius 2 is 1.84 bits per heavy atom. The van der Waals surface area contributed by atoms with Crippen molar-refractivity contribution in [2.24, 2.45) is 0 Å². The average molecular weight is 454 g/mol. The van der Waals surface area contributed by atoms with Gasteiger partial charge < -0.3 is 14.5 Å². The van der Waals surface area contributed by atoms with Crippen LogP contribution in [0, 0.1) is 12.7 Å². The van der Waals surface area contributed by atoms with Crippen molar-refractivity contribution in [2.45, 2.75) is 20.5 Å². The van der Waals surface area contributed by atoms with Crippen molar-refractivity contribution in [3.63, 3.8) is 0 Å². The third kappa shape index (κ3) is 4.96. The van der Waals surface area contributed by atoms with Gasteiger partial charge in [-0.25, -0.2) is 9.37 Å². The van der Waals surface area contributed by atoms with Crippen LogP contribution < -0.4 is 4.74 Å². The van der Waals surface area contributed by atoms with E-state index in [0.29, 0.717) is 54.8 Å². The fourth-order valence-electron chi connectivity index (χ4n) is 3.61. The highest BCUT2D eigenvalue weighted by Gasteiger charge is 2.25. The van der Waals surface area contributed by atoms with E-state index in [1.165, 1.54) is 24.3 Å². The molecular formula is C24H24FN3O3S. The Bertz CT molecular complexity index is 1140. The van der Waals surface area contributed by atoms with Crippen LogP contribution in [0.4, 0.5) is 4.39 Å². The molecule has 1 aromatic heterocycles. The Hall–Kier alpha value is -3.26. The molecule has 1 aliphatic heterocycles. The Kier molecular flexibility index (Phi) is 6.50. The van der Waals surface area contributed by atoms with Gasteiger partial charge in [-0.2, -0.15) is 0 Å². The molecule has 8 heteroatoms. The normalized spacial score (nSPS) is 13.8. The maximum atomic E-state index is 14.8. The van der Waals surface area contributed by atoms with Crippen molar-refractivity contribution in [1.82, 2.24) is 14.8 Å². The molecule has 1 fully saturated rings. The first-order valence-electron chi connectivity index (χ1n) is 10.4. The molecule has 0 saturated carbocycles. The molecule has 1 aliphatic rings. The van der Waals surface area contributed by atoms with Crippen LogP contribution in [0.25, 0.3) is 10.6 Å².